The number of carboxylic acids is 1. The summed E-state index contributed by atoms with van der Waals surface area (Å²) in [7, 11) is 0. The van der Waals surface area contributed by atoms with Crippen molar-refractivity contribution < 1.29 is 14.8 Å². The van der Waals surface area contributed by atoms with Gasteiger partial charge in [0.05, 0.1) is 27.4 Å². The van der Waals surface area contributed by atoms with E-state index in [0.29, 0.717) is 17.2 Å². The monoisotopic (exact) mass is 287 g/mol. The highest BCUT2D eigenvalue weighted by atomic mass is 16.6. The number of nitrogens with zero attached hydrogens (tertiary/aromatic N) is 3. The number of carboxylic acid groups (broad SMARTS) is 1. The molecule has 3 rings (SSSR count). The van der Waals surface area contributed by atoms with Crippen molar-refractivity contribution in [1.29, 1.82) is 0 Å². The van der Waals surface area contributed by atoms with E-state index < -0.39 is 10.9 Å². The van der Waals surface area contributed by atoms with Crippen molar-refractivity contribution in [2.75, 3.05) is 0 Å². The number of hydrogen-bond acceptors (Lipinski definition) is 4. The summed E-state index contributed by atoms with van der Waals surface area (Å²) in [6.07, 6.45) is 3.92. The normalized spacial score (nSPS) is 14.1. The van der Waals surface area contributed by atoms with Crippen molar-refractivity contribution in [3.05, 3.63) is 51.3 Å². The number of hydrogen-bond donors (Lipinski definition) is 1. The molecule has 1 aliphatic carbocycles. The number of nitro benzene ring substituents is 1. The number of nitro groups is 1. The Morgan fingerprint density at radius 3 is 2.76 bits per heavy atom. The molecule has 0 amide bonds. The second-order valence-corrected chi connectivity index (χ2v) is 5.16. The molecule has 0 atom stereocenters. The Kier molecular flexibility index (Phi) is 2.97. The topological polar surface area (TPSA) is 98.3 Å². The Morgan fingerprint density at radius 1 is 1.48 bits per heavy atom. The third-order valence-electron chi connectivity index (χ3n) is 3.65. The van der Waals surface area contributed by atoms with Gasteiger partial charge in [0.2, 0.25) is 0 Å². The van der Waals surface area contributed by atoms with Crippen LogP contribution in [0.2, 0.25) is 0 Å². The second-order valence-electron chi connectivity index (χ2n) is 5.16. The average molecular weight is 287 g/mol. The fourth-order valence-corrected chi connectivity index (χ4v) is 2.30. The summed E-state index contributed by atoms with van der Waals surface area (Å²) in [6.45, 7) is 1.59. The molecule has 1 aromatic carbocycles. The lowest BCUT2D eigenvalue weighted by atomic mass is 10.1. The molecule has 1 aliphatic rings. The first-order valence-electron chi connectivity index (χ1n) is 6.55. The number of aromatic nitrogens is 2. The molecule has 0 saturated heterocycles. The highest BCUT2D eigenvalue weighted by Crippen LogP contribution is 2.39. The van der Waals surface area contributed by atoms with Crippen LogP contribution in [0, 0.1) is 17.0 Å². The molecular formula is C14H13N3O4. The van der Waals surface area contributed by atoms with E-state index in [1.807, 2.05) is 6.07 Å². The van der Waals surface area contributed by atoms with Gasteiger partial charge in [-0.2, -0.15) is 5.10 Å². The lowest BCUT2D eigenvalue weighted by Gasteiger charge is -2.08. The molecule has 0 bridgehead atoms. The summed E-state index contributed by atoms with van der Waals surface area (Å²) in [5.74, 6) is -0.738. The summed E-state index contributed by atoms with van der Waals surface area (Å²) in [4.78, 5) is 21.7. The van der Waals surface area contributed by atoms with E-state index in [1.54, 1.807) is 13.1 Å². The van der Waals surface area contributed by atoms with E-state index in [4.69, 9.17) is 5.11 Å². The van der Waals surface area contributed by atoms with Crippen LogP contribution in [-0.4, -0.2) is 25.8 Å². The van der Waals surface area contributed by atoms with Gasteiger partial charge in [0.25, 0.3) is 5.69 Å². The smallest absolute Gasteiger partial charge is 0.336 e. The van der Waals surface area contributed by atoms with Gasteiger partial charge in [0.15, 0.2) is 0 Å². The molecule has 1 N–H and O–H groups in total. The number of benzene rings is 1. The van der Waals surface area contributed by atoms with Crippen LogP contribution in [0.1, 0.15) is 40.4 Å². The van der Waals surface area contributed by atoms with Crippen LogP contribution in [0.4, 0.5) is 5.69 Å². The third kappa shape index (κ3) is 2.37. The lowest BCUT2D eigenvalue weighted by Crippen LogP contribution is -2.06. The molecule has 7 nitrogen and oxygen atoms in total. The summed E-state index contributed by atoms with van der Waals surface area (Å²) >= 11 is 0. The Morgan fingerprint density at radius 2 is 2.19 bits per heavy atom. The van der Waals surface area contributed by atoms with Gasteiger partial charge in [-0.1, -0.05) is 0 Å². The summed E-state index contributed by atoms with van der Waals surface area (Å²) in [5, 5.41) is 24.6. The Balaban J connectivity index is 2.14. The van der Waals surface area contributed by atoms with E-state index in [0.717, 1.165) is 24.6 Å². The lowest BCUT2D eigenvalue weighted by molar-refractivity contribution is -0.385. The van der Waals surface area contributed by atoms with Crippen molar-refractivity contribution in [3.63, 3.8) is 0 Å². The SMILES string of the molecule is Cc1c(-n2ccc(C3CC3)n2)cc(C(=O)O)cc1[N+](=O)[O-]. The predicted octanol–water partition coefficient (Wildman–Crippen LogP) is 2.66. The largest absolute Gasteiger partial charge is 0.478 e. The van der Waals surface area contributed by atoms with Gasteiger partial charge in [0.1, 0.15) is 0 Å². The van der Waals surface area contributed by atoms with E-state index in [9.17, 15) is 14.9 Å². The van der Waals surface area contributed by atoms with E-state index in [-0.39, 0.29) is 11.3 Å². The third-order valence-corrected chi connectivity index (χ3v) is 3.65. The van der Waals surface area contributed by atoms with Crippen LogP contribution >= 0.6 is 0 Å². The predicted molar refractivity (Wildman–Crippen MR) is 73.9 cm³/mol. The van der Waals surface area contributed by atoms with Crippen molar-refractivity contribution in [2.45, 2.75) is 25.7 Å². The number of carbonyl (C=O) groups is 1. The molecule has 21 heavy (non-hydrogen) atoms. The summed E-state index contributed by atoms with van der Waals surface area (Å²) < 4.78 is 1.52. The van der Waals surface area contributed by atoms with Gasteiger partial charge in [-0.25, -0.2) is 9.48 Å². The standard InChI is InChI=1S/C14H13N3O4/c1-8-12(16-5-4-11(15-16)9-2-3-9)6-10(14(18)19)7-13(8)17(20)21/h4-7,9H,2-3H2,1H3,(H,18,19). The first kappa shape index (κ1) is 13.3. The second kappa shape index (κ2) is 4.69. The molecule has 1 aromatic heterocycles. The van der Waals surface area contributed by atoms with Crippen molar-refractivity contribution in [3.8, 4) is 5.69 Å². The Bertz CT molecular complexity index is 747. The molecule has 0 spiro atoms. The molecule has 2 aromatic rings. The van der Waals surface area contributed by atoms with Crippen LogP contribution < -0.4 is 0 Å². The highest BCUT2D eigenvalue weighted by Gasteiger charge is 2.27. The van der Waals surface area contributed by atoms with Crippen LogP contribution in [0.15, 0.2) is 24.4 Å². The van der Waals surface area contributed by atoms with Gasteiger partial charge in [-0.3, -0.25) is 10.1 Å². The molecule has 108 valence electrons. The van der Waals surface area contributed by atoms with Crippen LogP contribution in [0.5, 0.6) is 0 Å². The molecule has 0 unspecified atom stereocenters. The first-order chi connectivity index (χ1) is 9.97. The van der Waals surface area contributed by atoms with Gasteiger partial charge >= 0.3 is 5.97 Å². The Labute approximate surface area is 120 Å². The van der Waals surface area contributed by atoms with Crippen molar-refractivity contribution in [1.82, 2.24) is 9.78 Å². The van der Waals surface area contributed by atoms with Gasteiger partial charge in [-0.05, 0) is 31.9 Å². The fraction of sp³-hybridized carbons (Fsp3) is 0.286. The summed E-state index contributed by atoms with van der Waals surface area (Å²) in [6, 6.07) is 4.36. The van der Waals surface area contributed by atoms with Crippen LogP contribution in [0.25, 0.3) is 5.69 Å². The van der Waals surface area contributed by atoms with Crippen molar-refractivity contribution >= 4 is 11.7 Å². The number of rotatable bonds is 4. The maximum absolute atomic E-state index is 11.1. The molecule has 0 aliphatic heterocycles. The molecule has 0 radical (unpaired) electrons. The first-order valence-corrected chi connectivity index (χ1v) is 6.55. The van der Waals surface area contributed by atoms with E-state index in [1.165, 1.54) is 10.7 Å². The molecule has 7 heteroatoms. The Hall–Kier alpha value is -2.70. The minimum atomic E-state index is -1.20. The van der Waals surface area contributed by atoms with E-state index in [2.05, 4.69) is 5.10 Å². The van der Waals surface area contributed by atoms with Crippen LogP contribution in [-0.2, 0) is 0 Å². The van der Waals surface area contributed by atoms with Gasteiger partial charge < -0.3 is 5.11 Å². The zero-order chi connectivity index (χ0) is 15.1. The number of aromatic carboxylic acids is 1. The van der Waals surface area contributed by atoms with E-state index >= 15 is 0 Å². The molecular weight excluding hydrogens is 274 g/mol. The molecule has 1 heterocycles. The molecule has 1 fully saturated rings. The van der Waals surface area contributed by atoms with Crippen molar-refractivity contribution in [2.24, 2.45) is 0 Å². The minimum absolute atomic E-state index is 0.120. The quantitative estimate of drug-likeness (QED) is 0.688. The summed E-state index contributed by atoms with van der Waals surface area (Å²) in [5.41, 5.74) is 1.43. The maximum atomic E-state index is 11.1. The fourth-order valence-electron chi connectivity index (χ4n) is 2.30. The highest BCUT2D eigenvalue weighted by molar-refractivity contribution is 5.89. The molecule has 1 saturated carbocycles. The van der Waals surface area contributed by atoms with Gasteiger partial charge in [-0.15, -0.1) is 0 Å². The average Bonchev–Trinajstić information content (AvgIpc) is 3.17. The minimum Gasteiger partial charge on any atom is -0.478 e. The maximum Gasteiger partial charge on any atom is 0.336 e. The van der Waals surface area contributed by atoms with Crippen LogP contribution in [0.3, 0.4) is 0 Å². The van der Waals surface area contributed by atoms with Gasteiger partial charge in [0, 0.05) is 18.2 Å². The zero-order valence-corrected chi connectivity index (χ0v) is 11.3. The zero-order valence-electron chi connectivity index (χ0n) is 11.3.